The topological polar surface area (TPSA) is 135 Å². The number of rotatable bonds is 6. The van der Waals surface area contributed by atoms with Crippen molar-refractivity contribution < 1.29 is 9.59 Å². The maximum atomic E-state index is 12.6. The molecule has 1 atom stereocenters. The number of amides is 2. The first-order chi connectivity index (χ1) is 13.9. The van der Waals surface area contributed by atoms with Gasteiger partial charge in [-0.2, -0.15) is 5.26 Å². The second kappa shape index (κ2) is 8.84. The minimum absolute atomic E-state index is 0.206. The number of carbonyl (C=O) groups is 2. The van der Waals surface area contributed by atoms with Crippen molar-refractivity contribution in [2.45, 2.75) is 50.1 Å². The van der Waals surface area contributed by atoms with Crippen LogP contribution in [0, 0.1) is 11.3 Å². The van der Waals surface area contributed by atoms with Crippen LogP contribution in [0.4, 0.5) is 0 Å². The third-order valence-electron chi connectivity index (χ3n) is 5.40. The molecule has 0 aliphatic heterocycles. The zero-order valence-electron chi connectivity index (χ0n) is 16.2. The molecular formula is C22H25N5O2. The molecule has 3 rings (SSSR count). The lowest BCUT2D eigenvalue weighted by Gasteiger charge is -2.32. The number of hydrogen-bond donors (Lipinski definition) is 3. The van der Waals surface area contributed by atoms with Gasteiger partial charge in [0.15, 0.2) is 0 Å². The van der Waals surface area contributed by atoms with Crippen LogP contribution in [-0.4, -0.2) is 28.4 Å². The molecule has 1 heterocycles. The smallest absolute Gasteiger partial charge is 0.267 e. The Morgan fingerprint density at radius 1 is 1.14 bits per heavy atom. The second-order valence-corrected chi connectivity index (χ2v) is 7.57. The minimum Gasteiger partial charge on any atom is -0.364 e. The standard InChI is InChI=1S/C22H25N5O2/c23-14-18(27-21(29)22(25)9-2-1-3-10-22)12-15-4-6-16(7-5-15)17-8-11-26-19(13-17)20(24)28/h4-8,11,13,18H,1-3,9-10,12,25H2,(H2,24,28)(H,27,29)/t18-/m0/s1. The van der Waals surface area contributed by atoms with Crippen molar-refractivity contribution in [3.05, 3.63) is 53.9 Å². The molecule has 150 valence electrons. The van der Waals surface area contributed by atoms with Crippen LogP contribution in [0.5, 0.6) is 0 Å². The van der Waals surface area contributed by atoms with E-state index < -0.39 is 17.5 Å². The fourth-order valence-electron chi connectivity index (χ4n) is 3.65. The minimum atomic E-state index is -0.864. The Morgan fingerprint density at radius 2 is 1.83 bits per heavy atom. The van der Waals surface area contributed by atoms with Crippen molar-refractivity contribution in [2.24, 2.45) is 11.5 Å². The van der Waals surface area contributed by atoms with Crippen molar-refractivity contribution in [2.75, 3.05) is 0 Å². The number of pyridine rings is 1. The Hall–Kier alpha value is -3.24. The lowest BCUT2D eigenvalue weighted by Crippen LogP contribution is -2.57. The SMILES string of the molecule is N#C[C@H](Cc1ccc(-c2ccnc(C(N)=O)c2)cc1)NC(=O)C1(N)CCCCC1. The van der Waals surface area contributed by atoms with Gasteiger partial charge in [0, 0.05) is 12.6 Å². The van der Waals surface area contributed by atoms with Crippen molar-refractivity contribution >= 4 is 11.8 Å². The Morgan fingerprint density at radius 3 is 2.45 bits per heavy atom. The van der Waals surface area contributed by atoms with E-state index in [0.29, 0.717) is 19.3 Å². The van der Waals surface area contributed by atoms with E-state index in [2.05, 4.69) is 16.4 Å². The predicted octanol–water partition coefficient (Wildman–Crippen LogP) is 2.06. The average molecular weight is 391 g/mol. The average Bonchev–Trinajstić information content (AvgIpc) is 2.74. The first-order valence-electron chi connectivity index (χ1n) is 9.76. The second-order valence-electron chi connectivity index (χ2n) is 7.57. The van der Waals surface area contributed by atoms with Gasteiger partial charge in [-0.3, -0.25) is 14.6 Å². The lowest BCUT2D eigenvalue weighted by atomic mass is 9.81. The van der Waals surface area contributed by atoms with Crippen molar-refractivity contribution in [1.82, 2.24) is 10.3 Å². The first kappa shape index (κ1) is 20.5. The van der Waals surface area contributed by atoms with Gasteiger partial charge in [0.2, 0.25) is 5.91 Å². The van der Waals surface area contributed by atoms with Gasteiger partial charge >= 0.3 is 0 Å². The number of primary amides is 1. The highest BCUT2D eigenvalue weighted by Crippen LogP contribution is 2.26. The van der Waals surface area contributed by atoms with Gasteiger partial charge in [-0.05, 0) is 41.7 Å². The van der Waals surface area contributed by atoms with E-state index in [1.807, 2.05) is 24.3 Å². The first-order valence-corrected chi connectivity index (χ1v) is 9.76. The number of nitriles is 1. The maximum Gasteiger partial charge on any atom is 0.267 e. The normalized spacial score (nSPS) is 16.4. The van der Waals surface area contributed by atoms with Crippen LogP contribution in [0.3, 0.4) is 0 Å². The molecule has 1 fully saturated rings. The van der Waals surface area contributed by atoms with Gasteiger partial charge in [-0.25, -0.2) is 0 Å². The van der Waals surface area contributed by atoms with Gasteiger partial charge in [0.05, 0.1) is 11.6 Å². The van der Waals surface area contributed by atoms with E-state index in [-0.39, 0.29) is 11.6 Å². The highest BCUT2D eigenvalue weighted by molar-refractivity contribution is 5.92. The zero-order valence-corrected chi connectivity index (χ0v) is 16.2. The molecule has 0 bridgehead atoms. The third kappa shape index (κ3) is 4.98. The summed E-state index contributed by atoms with van der Waals surface area (Å²) in [5.41, 5.74) is 13.5. The summed E-state index contributed by atoms with van der Waals surface area (Å²) in [4.78, 5) is 27.8. The Kier molecular flexibility index (Phi) is 6.25. The summed E-state index contributed by atoms with van der Waals surface area (Å²) in [6, 6.07) is 12.5. The van der Waals surface area contributed by atoms with Gasteiger partial charge in [-0.1, -0.05) is 43.5 Å². The number of nitrogens with two attached hydrogens (primary N) is 2. The number of nitrogens with zero attached hydrogens (tertiary/aromatic N) is 2. The van der Waals surface area contributed by atoms with Gasteiger partial charge in [0.1, 0.15) is 11.7 Å². The molecule has 1 aromatic heterocycles. The molecule has 1 aliphatic rings. The van der Waals surface area contributed by atoms with Crippen molar-refractivity contribution in [3.63, 3.8) is 0 Å². The fraction of sp³-hybridized carbons (Fsp3) is 0.364. The molecular weight excluding hydrogens is 366 g/mol. The fourth-order valence-corrected chi connectivity index (χ4v) is 3.65. The van der Waals surface area contributed by atoms with Crippen LogP contribution in [0.25, 0.3) is 11.1 Å². The molecule has 2 amide bonds. The van der Waals surface area contributed by atoms with Gasteiger partial charge < -0.3 is 16.8 Å². The van der Waals surface area contributed by atoms with E-state index in [9.17, 15) is 14.9 Å². The lowest BCUT2D eigenvalue weighted by molar-refractivity contribution is -0.127. The van der Waals surface area contributed by atoms with E-state index in [1.165, 1.54) is 0 Å². The number of hydrogen-bond acceptors (Lipinski definition) is 5. The van der Waals surface area contributed by atoms with Crippen LogP contribution < -0.4 is 16.8 Å². The highest BCUT2D eigenvalue weighted by Gasteiger charge is 2.36. The van der Waals surface area contributed by atoms with E-state index in [4.69, 9.17) is 11.5 Å². The summed E-state index contributed by atoms with van der Waals surface area (Å²) in [5, 5.41) is 12.3. The molecule has 7 nitrogen and oxygen atoms in total. The van der Waals surface area contributed by atoms with Crippen molar-refractivity contribution in [3.8, 4) is 17.2 Å². The maximum absolute atomic E-state index is 12.6. The van der Waals surface area contributed by atoms with Crippen LogP contribution in [-0.2, 0) is 11.2 Å². The summed E-state index contributed by atoms with van der Waals surface area (Å²) in [7, 11) is 0. The Bertz CT molecular complexity index is 927. The van der Waals surface area contributed by atoms with E-state index in [0.717, 1.165) is 36.0 Å². The summed E-state index contributed by atoms with van der Waals surface area (Å²) in [6.07, 6.45) is 6.22. The molecule has 0 unspecified atom stereocenters. The molecule has 7 heteroatoms. The number of aromatic nitrogens is 1. The number of nitrogens with one attached hydrogen (secondary N) is 1. The molecule has 29 heavy (non-hydrogen) atoms. The molecule has 1 saturated carbocycles. The van der Waals surface area contributed by atoms with E-state index in [1.54, 1.807) is 18.3 Å². The van der Waals surface area contributed by atoms with E-state index >= 15 is 0 Å². The molecule has 1 aromatic carbocycles. The Balaban J connectivity index is 1.66. The van der Waals surface area contributed by atoms with Crippen molar-refractivity contribution in [1.29, 1.82) is 5.26 Å². The summed E-state index contributed by atoms with van der Waals surface area (Å²) >= 11 is 0. The monoisotopic (exact) mass is 391 g/mol. The summed E-state index contributed by atoms with van der Waals surface area (Å²) in [5.74, 6) is -0.817. The molecule has 0 saturated heterocycles. The Labute approximate surface area is 170 Å². The van der Waals surface area contributed by atoms with Crippen LogP contribution in [0.1, 0.15) is 48.2 Å². The summed E-state index contributed by atoms with van der Waals surface area (Å²) in [6.45, 7) is 0. The largest absolute Gasteiger partial charge is 0.364 e. The van der Waals surface area contributed by atoms with Crippen LogP contribution >= 0.6 is 0 Å². The predicted molar refractivity (Wildman–Crippen MR) is 109 cm³/mol. The molecule has 5 N–H and O–H groups in total. The zero-order chi connectivity index (χ0) is 20.9. The molecule has 1 aliphatic carbocycles. The van der Waals surface area contributed by atoms with Crippen LogP contribution in [0.2, 0.25) is 0 Å². The summed E-state index contributed by atoms with van der Waals surface area (Å²) < 4.78 is 0. The third-order valence-corrected chi connectivity index (χ3v) is 5.40. The highest BCUT2D eigenvalue weighted by atomic mass is 16.2. The van der Waals surface area contributed by atoms with Gasteiger partial charge in [0.25, 0.3) is 5.91 Å². The molecule has 2 aromatic rings. The van der Waals surface area contributed by atoms with Gasteiger partial charge in [-0.15, -0.1) is 0 Å². The number of benzene rings is 1. The quantitative estimate of drug-likeness (QED) is 0.693. The molecule has 0 radical (unpaired) electrons. The molecule has 0 spiro atoms. The number of carbonyl (C=O) groups excluding carboxylic acids is 2. The van der Waals surface area contributed by atoms with Crippen LogP contribution in [0.15, 0.2) is 42.6 Å².